The molecule has 0 fully saturated rings. The summed E-state index contributed by atoms with van der Waals surface area (Å²) in [7, 11) is 0. The van der Waals surface area contributed by atoms with Gasteiger partial charge in [-0.1, -0.05) is 72.4 Å². The molecule has 8 nitrogen and oxygen atoms in total. The predicted molar refractivity (Wildman–Crippen MR) is 149 cm³/mol. The third-order valence-electron chi connectivity index (χ3n) is 5.97. The molecule has 2 aromatic heterocycles. The highest BCUT2D eigenvalue weighted by Crippen LogP contribution is 2.37. The van der Waals surface area contributed by atoms with Crippen LogP contribution >= 0.6 is 11.8 Å². The van der Waals surface area contributed by atoms with Crippen molar-refractivity contribution in [3.05, 3.63) is 120 Å². The first-order valence-electron chi connectivity index (χ1n) is 11.8. The van der Waals surface area contributed by atoms with E-state index in [-0.39, 0.29) is 22.1 Å². The Bertz CT molecular complexity index is 1690. The number of benzene rings is 3. The van der Waals surface area contributed by atoms with Gasteiger partial charge < -0.3 is 15.5 Å². The van der Waals surface area contributed by atoms with Crippen LogP contribution in [0.4, 0.5) is 5.69 Å². The quantitative estimate of drug-likeness (QED) is 0.201. The standard InChI is InChI=1S/C30H21N3O5S/c34-27(26(19-7-2-1-3-8-19)39-28-22(29(35)36)10-6-16-31-28)32-20-14-12-18(13-15-20)25-17-23(30(37)38)21-9-4-5-11-24(21)33-25/h1-17,26H,(H,32,34)(H,35,36)(H,37,38). The van der Waals surface area contributed by atoms with Crippen molar-refractivity contribution in [1.82, 2.24) is 9.97 Å². The van der Waals surface area contributed by atoms with E-state index in [1.54, 1.807) is 60.7 Å². The molecule has 0 radical (unpaired) electrons. The Labute approximate surface area is 227 Å². The van der Waals surface area contributed by atoms with Gasteiger partial charge in [-0.25, -0.2) is 19.6 Å². The molecule has 0 spiro atoms. The predicted octanol–water partition coefficient (Wildman–Crippen LogP) is 6.17. The number of hydrogen-bond acceptors (Lipinski definition) is 6. The van der Waals surface area contributed by atoms with Crippen LogP contribution in [0.15, 0.2) is 108 Å². The lowest BCUT2D eigenvalue weighted by Crippen LogP contribution is -2.19. The number of carboxylic acids is 2. The van der Waals surface area contributed by atoms with Gasteiger partial charge in [0.25, 0.3) is 0 Å². The summed E-state index contributed by atoms with van der Waals surface area (Å²) in [5, 5.41) is 22.2. The topological polar surface area (TPSA) is 129 Å². The number of aromatic nitrogens is 2. The largest absolute Gasteiger partial charge is 0.478 e. The fraction of sp³-hybridized carbons (Fsp3) is 0.0333. The molecule has 5 rings (SSSR count). The number of aromatic carboxylic acids is 2. The van der Waals surface area contributed by atoms with E-state index < -0.39 is 17.2 Å². The second kappa shape index (κ2) is 11.2. The van der Waals surface area contributed by atoms with E-state index in [2.05, 4.69) is 15.3 Å². The zero-order valence-corrected chi connectivity index (χ0v) is 21.1. The molecule has 5 aromatic rings. The van der Waals surface area contributed by atoms with Gasteiger partial charge in [0.2, 0.25) is 5.91 Å². The van der Waals surface area contributed by atoms with Crippen molar-refractivity contribution in [2.75, 3.05) is 5.32 Å². The van der Waals surface area contributed by atoms with Crippen molar-refractivity contribution in [1.29, 1.82) is 0 Å². The molecule has 39 heavy (non-hydrogen) atoms. The number of carboxylic acid groups (broad SMARTS) is 2. The van der Waals surface area contributed by atoms with Gasteiger partial charge in [-0.15, -0.1) is 0 Å². The molecule has 1 atom stereocenters. The molecule has 0 bridgehead atoms. The van der Waals surface area contributed by atoms with Crippen LogP contribution in [0.25, 0.3) is 22.2 Å². The zero-order chi connectivity index (χ0) is 27.4. The fourth-order valence-corrected chi connectivity index (χ4v) is 5.18. The minimum absolute atomic E-state index is 0.0178. The minimum atomic E-state index is -1.12. The molecule has 1 unspecified atom stereocenters. The second-order valence-electron chi connectivity index (χ2n) is 8.51. The first-order chi connectivity index (χ1) is 18.9. The highest BCUT2D eigenvalue weighted by atomic mass is 32.2. The number of nitrogens with one attached hydrogen (secondary N) is 1. The number of rotatable bonds is 8. The minimum Gasteiger partial charge on any atom is -0.478 e. The summed E-state index contributed by atoms with van der Waals surface area (Å²) in [5.74, 6) is -2.51. The van der Waals surface area contributed by atoms with Crippen LogP contribution in [0.1, 0.15) is 31.5 Å². The maximum Gasteiger partial charge on any atom is 0.338 e. The van der Waals surface area contributed by atoms with Gasteiger partial charge in [0, 0.05) is 22.8 Å². The van der Waals surface area contributed by atoms with Crippen LogP contribution in [0.3, 0.4) is 0 Å². The SMILES string of the molecule is O=C(O)c1cccnc1SC(C(=O)Nc1ccc(-c2cc(C(=O)O)c3ccccc3n2)cc1)c1ccccc1. The Hall–Kier alpha value is -5.02. The number of carbonyl (C=O) groups excluding carboxylic acids is 1. The Kier molecular flexibility index (Phi) is 7.33. The van der Waals surface area contributed by atoms with E-state index in [1.807, 2.05) is 18.2 Å². The maximum absolute atomic E-state index is 13.4. The number of para-hydroxylation sites is 1. The molecule has 192 valence electrons. The number of amides is 1. The molecule has 0 saturated carbocycles. The average Bonchev–Trinajstić information content (AvgIpc) is 2.96. The molecule has 9 heteroatoms. The molecule has 0 aliphatic heterocycles. The summed E-state index contributed by atoms with van der Waals surface area (Å²) >= 11 is 1.06. The van der Waals surface area contributed by atoms with Crippen molar-refractivity contribution < 1.29 is 24.6 Å². The van der Waals surface area contributed by atoms with Crippen molar-refractivity contribution in [2.24, 2.45) is 0 Å². The van der Waals surface area contributed by atoms with Gasteiger partial charge in [-0.2, -0.15) is 0 Å². The van der Waals surface area contributed by atoms with Crippen molar-refractivity contribution >= 4 is 46.2 Å². The summed E-state index contributed by atoms with van der Waals surface area (Å²) in [6.45, 7) is 0. The van der Waals surface area contributed by atoms with E-state index in [4.69, 9.17) is 0 Å². The molecular formula is C30H21N3O5S. The van der Waals surface area contributed by atoms with E-state index in [1.165, 1.54) is 24.4 Å². The summed E-state index contributed by atoms with van der Waals surface area (Å²) in [4.78, 5) is 45.8. The zero-order valence-electron chi connectivity index (χ0n) is 20.3. The molecule has 3 aromatic carbocycles. The number of nitrogens with zero attached hydrogens (tertiary/aromatic N) is 2. The first-order valence-corrected chi connectivity index (χ1v) is 12.7. The number of thioether (sulfide) groups is 1. The van der Waals surface area contributed by atoms with Crippen LogP contribution in [0, 0.1) is 0 Å². The van der Waals surface area contributed by atoms with Crippen molar-refractivity contribution in [3.63, 3.8) is 0 Å². The van der Waals surface area contributed by atoms with E-state index in [9.17, 15) is 24.6 Å². The molecule has 0 aliphatic rings. The molecule has 0 saturated heterocycles. The number of anilines is 1. The summed E-state index contributed by atoms with van der Waals surface area (Å²) in [5.41, 5.74) is 3.15. The Morgan fingerprint density at radius 2 is 1.46 bits per heavy atom. The Morgan fingerprint density at radius 3 is 2.18 bits per heavy atom. The van der Waals surface area contributed by atoms with Crippen LogP contribution in [-0.2, 0) is 4.79 Å². The average molecular weight is 536 g/mol. The van der Waals surface area contributed by atoms with E-state index in [0.29, 0.717) is 33.4 Å². The van der Waals surface area contributed by atoms with Gasteiger partial charge in [0.15, 0.2) is 0 Å². The third-order valence-corrected chi connectivity index (χ3v) is 7.24. The van der Waals surface area contributed by atoms with Gasteiger partial charge in [0.05, 0.1) is 22.3 Å². The molecule has 3 N–H and O–H groups in total. The normalized spacial score (nSPS) is 11.6. The van der Waals surface area contributed by atoms with Gasteiger partial charge in [0.1, 0.15) is 10.3 Å². The lowest BCUT2D eigenvalue weighted by atomic mass is 10.0. The van der Waals surface area contributed by atoms with Gasteiger partial charge in [-0.3, -0.25) is 4.79 Å². The fourth-order valence-electron chi connectivity index (χ4n) is 4.09. The van der Waals surface area contributed by atoms with E-state index in [0.717, 1.165) is 11.8 Å². The number of hydrogen-bond donors (Lipinski definition) is 3. The van der Waals surface area contributed by atoms with Crippen molar-refractivity contribution in [3.8, 4) is 11.3 Å². The highest BCUT2D eigenvalue weighted by Gasteiger charge is 2.25. The van der Waals surface area contributed by atoms with Gasteiger partial charge in [-0.05, 0) is 42.0 Å². The maximum atomic E-state index is 13.4. The monoisotopic (exact) mass is 535 g/mol. The summed E-state index contributed by atoms with van der Waals surface area (Å²) in [6.07, 6.45) is 1.49. The van der Waals surface area contributed by atoms with Crippen molar-refractivity contribution in [2.45, 2.75) is 10.3 Å². The smallest absolute Gasteiger partial charge is 0.338 e. The first kappa shape index (κ1) is 25.6. The second-order valence-corrected chi connectivity index (χ2v) is 9.61. The van der Waals surface area contributed by atoms with Gasteiger partial charge >= 0.3 is 11.9 Å². The number of pyridine rings is 2. The molecule has 1 amide bonds. The lowest BCUT2D eigenvalue weighted by molar-refractivity contribution is -0.115. The van der Waals surface area contributed by atoms with E-state index >= 15 is 0 Å². The third kappa shape index (κ3) is 5.63. The molecule has 2 heterocycles. The van der Waals surface area contributed by atoms with Crippen LogP contribution in [-0.4, -0.2) is 38.0 Å². The Morgan fingerprint density at radius 1 is 0.769 bits per heavy atom. The van der Waals surface area contributed by atoms with Crippen LogP contribution in [0.2, 0.25) is 0 Å². The molecule has 0 aliphatic carbocycles. The van der Waals surface area contributed by atoms with Crippen LogP contribution < -0.4 is 5.32 Å². The lowest BCUT2D eigenvalue weighted by Gasteiger charge is -2.17. The number of carbonyl (C=O) groups is 3. The molecular weight excluding hydrogens is 514 g/mol. The Balaban J connectivity index is 1.42. The summed E-state index contributed by atoms with van der Waals surface area (Å²) < 4.78 is 0. The van der Waals surface area contributed by atoms with Crippen LogP contribution in [0.5, 0.6) is 0 Å². The summed E-state index contributed by atoms with van der Waals surface area (Å²) in [6, 6.07) is 27.6. The number of fused-ring (bicyclic) bond motifs is 1. The highest BCUT2D eigenvalue weighted by molar-refractivity contribution is 8.00.